The minimum Gasteiger partial charge on any atom is -0.346 e. The first-order chi connectivity index (χ1) is 10.1. The van der Waals surface area contributed by atoms with Gasteiger partial charge in [-0.25, -0.2) is 0 Å². The largest absolute Gasteiger partial charge is 0.346 e. The van der Waals surface area contributed by atoms with Gasteiger partial charge in [0.05, 0.1) is 6.04 Å². The predicted octanol–water partition coefficient (Wildman–Crippen LogP) is 3.18. The Balaban J connectivity index is 1.91. The van der Waals surface area contributed by atoms with E-state index < -0.39 is 12.0 Å². The summed E-state index contributed by atoms with van der Waals surface area (Å²) in [5.41, 5.74) is 2.73. The summed E-state index contributed by atoms with van der Waals surface area (Å²) >= 11 is 5.99. The maximum atomic E-state index is 12.0. The van der Waals surface area contributed by atoms with Crippen molar-refractivity contribution < 1.29 is 9.59 Å². The van der Waals surface area contributed by atoms with Gasteiger partial charge < -0.3 is 5.32 Å². The molecule has 1 saturated heterocycles. The SMILES string of the molecule is CC1NC(=O)C(c2ccc(-c3cccc(Cl)c3)cc2)C1=O. The molecule has 2 unspecified atom stereocenters. The van der Waals surface area contributed by atoms with Gasteiger partial charge in [-0.2, -0.15) is 0 Å². The summed E-state index contributed by atoms with van der Waals surface area (Å²) in [6.07, 6.45) is 0. The number of carbonyl (C=O) groups is 2. The standard InChI is InChI=1S/C17H14ClNO2/c1-10-16(20)15(17(21)19-10)12-7-5-11(6-8-12)13-3-2-4-14(18)9-13/h2-10,15H,1H3,(H,19,21). The van der Waals surface area contributed by atoms with Gasteiger partial charge in [-0.1, -0.05) is 48.0 Å². The predicted molar refractivity (Wildman–Crippen MR) is 82.2 cm³/mol. The van der Waals surface area contributed by atoms with E-state index in [1.807, 2.05) is 48.5 Å². The van der Waals surface area contributed by atoms with Crippen LogP contribution in [0.3, 0.4) is 0 Å². The van der Waals surface area contributed by atoms with Gasteiger partial charge in [0.25, 0.3) is 0 Å². The number of hydrogen-bond acceptors (Lipinski definition) is 2. The molecule has 2 aromatic carbocycles. The molecule has 2 atom stereocenters. The average Bonchev–Trinajstić information content (AvgIpc) is 2.72. The monoisotopic (exact) mass is 299 g/mol. The molecule has 0 aliphatic carbocycles. The van der Waals surface area contributed by atoms with Crippen LogP contribution in [0.1, 0.15) is 18.4 Å². The van der Waals surface area contributed by atoms with Crippen molar-refractivity contribution >= 4 is 23.3 Å². The summed E-state index contributed by atoms with van der Waals surface area (Å²) in [6, 6.07) is 14.6. The molecule has 1 amide bonds. The first kappa shape index (κ1) is 13.8. The molecule has 1 aliphatic heterocycles. The molecule has 3 rings (SSSR count). The van der Waals surface area contributed by atoms with Crippen LogP contribution in [-0.4, -0.2) is 17.7 Å². The zero-order chi connectivity index (χ0) is 15.0. The smallest absolute Gasteiger partial charge is 0.235 e. The first-order valence-corrected chi connectivity index (χ1v) is 7.14. The molecule has 1 aliphatic rings. The number of ketones is 1. The number of carbonyl (C=O) groups excluding carboxylic acids is 2. The van der Waals surface area contributed by atoms with Crippen LogP contribution < -0.4 is 5.32 Å². The van der Waals surface area contributed by atoms with E-state index in [0.29, 0.717) is 5.02 Å². The molecule has 0 radical (unpaired) electrons. The molecule has 3 nitrogen and oxygen atoms in total. The number of Topliss-reactive ketones (excluding diaryl/α,β-unsaturated/α-hetero) is 1. The Hall–Kier alpha value is -2.13. The number of nitrogens with one attached hydrogen (secondary N) is 1. The Bertz CT molecular complexity index is 709. The van der Waals surface area contributed by atoms with E-state index >= 15 is 0 Å². The molecule has 2 aromatic rings. The second-order valence-corrected chi connectivity index (χ2v) is 5.63. The Morgan fingerprint density at radius 3 is 2.29 bits per heavy atom. The summed E-state index contributed by atoms with van der Waals surface area (Å²) in [5, 5.41) is 3.34. The maximum absolute atomic E-state index is 12.0. The summed E-state index contributed by atoms with van der Waals surface area (Å²) in [6.45, 7) is 1.71. The second kappa shape index (κ2) is 5.34. The van der Waals surface area contributed by atoms with Crippen LogP contribution in [0.25, 0.3) is 11.1 Å². The van der Waals surface area contributed by atoms with Crippen molar-refractivity contribution in [1.29, 1.82) is 0 Å². The molecule has 0 bridgehead atoms. The van der Waals surface area contributed by atoms with Crippen molar-refractivity contribution in [2.75, 3.05) is 0 Å². The topological polar surface area (TPSA) is 46.2 Å². The van der Waals surface area contributed by atoms with E-state index in [2.05, 4.69) is 5.32 Å². The van der Waals surface area contributed by atoms with Crippen molar-refractivity contribution in [3.63, 3.8) is 0 Å². The highest BCUT2D eigenvalue weighted by Crippen LogP contribution is 2.27. The Morgan fingerprint density at radius 2 is 1.71 bits per heavy atom. The summed E-state index contributed by atoms with van der Waals surface area (Å²) < 4.78 is 0. The molecular formula is C17H14ClNO2. The molecule has 0 aromatic heterocycles. The fourth-order valence-corrected chi connectivity index (χ4v) is 2.79. The van der Waals surface area contributed by atoms with Gasteiger partial charge >= 0.3 is 0 Å². The number of hydrogen-bond donors (Lipinski definition) is 1. The van der Waals surface area contributed by atoms with Gasteiger partial charge in [0.2, 0.25) is 5.91 Å². The van der Waals surface area contributed by atoms with Gasteiger partial charge in [-0.3, -0.25) is 9.59 Å². The lowest BCUT2D eigenvalue weighted by molar-refractivity contribution is -0.124. The molecule has 4 heteroatoms. The highest BCUT2D eigenvalue weighted by molar-refractivity contribution is 6.30. The lowest BCUT2D eigenvalue weighted by Gasteiger charge is -2.08. The normalized spacial score (nSPS) is 21.4. The van der Waals surface area contributed by atoms with Crippen molar-refractivity contribution in [2.45, 2.75) is 18.9 Å². The molecule has 21 heavy (non-hydrogen) atoms. The molecule has 0 saturated carbocycles. The van der Waals surface area contributed by atoms with Gasteiger partial charge in [-0.15, -0.1) is 0 Å². The average molecular weight is 300 g/mol. The van der Waals surface area contributed by atoms with E-state index in [1.165, 1.54) is 0 Å². The molecule has 1 N–H and O–H groups in total. The van der Waals surface area contributed by atoms with Crippen LogP contribution in [0.15, 0.2) is 48.5 Å². The van der Waals surface area contributed by atoms with Crippen molar-refractivity contribution in [1.82, 2.24) is 5.32 Å². The van der Waals surface area contributed by atoms with Gasteiger partial charge in [0.15, 0.2) is 5.78 Å². The Kier molecular flexibility index (Phi) is 3.52. The van der Waals surface area contributed by atoms with Crippen LogP contribution >= 0.6 is 11.6 Å². The Morgan fingerprint density at radius 1 is 1.00 bits per heavy atom. The third-order valence-electron chi connectivity index (χ3n) is 3.73. The minimum absolute atomic E-state index is 0.0736. The maximum Gasteiger partial charge on any atom is 0.235 e. The third-order valence-corrected chi connectivity index (χ3v) is 3.97. The molecule has 1 heterocycles. The zero-order valence-electron chi connectivity index (χ0n) is 11.5. The number of amides is 1. The fraction of sp³-hybridized carbons (Fsp3) is 0.176. The van der Waals surface area contributed by atoms with E-state index in [4.69, 9.17) is 11.6 Å². The fourth-order valence-electron chi connectivity index (χ4n) is 2.60. The van der Waals surface area contributed by atoms with E-state index in [1.54, 1.807) is 6.92 Å². The lowest BCUT2D eigenvalue weighted by atomic mass is 9.93. The van der Waals surface area contributed by atoms with Crippen LogP contribution in [0.2, 0.25) is 5.02 Å². The number of rotatable bonds is 2. The van der Waals surface area contributed by atoms with E-state index in [9.17, 15) is 9.59 Å². The van der Waals surface area contributed by atoms with Crippen molar-refractivity contribution in [2.24, 2.45) is 0 Å². The highest BCUT2D eigenvalue weighted by Gasteiger charge is 2.39. The number of benzene rings is 2. The van der Waals surface area contributed by atoms with Gasteiger partial charge in [0.1, 0.15) is 5.92 Å². The Labute approximate surface area is 127 Å². The number of halogens is 1. The van der Waals surface area contributed by atoms with E-state index in [-0.39, 0.29) is 11.7 Å². The minimum atomic E-state index is -0.687. The third kappa shape index (κ3) is 2.57. The quantitative estimate of drug-likeness (QED) is 0.866. The molecule has 0 spiro atoms. The van der Waals surface area contributed by atoms with Gasteiger partial charge in [-0.05, 0) is 35.7 Å². The molecule has 1 fully saturated rings. The zero-order valence-corrected chi connectivity index (χ0v) is 12.2. The molecular weight excluding hydrogens is 286 g/mol. The summed E-state index contributed by atoms with van der Waals surface area (Å²) in [5.74, 6) is -0.980. The summed E-state index contributed by atoms with van der Waals surface area (Å²) in [7, 11) is 0. The van der Waals surface area contributed by atoms with Gasteiger partial charge in [0, 0.05) is 5.02 Å². The van der Waals surface area contributed by atoms with Crippen LogP contribution in [0.4, 0.5) is 0 Å². The summed E-state index contributed by atoms with van der Waals surface area (Å²) in [4.78, 5) is 23.9. The molecule has 106 valence electrons. The highest BCUT2D eigenvalue weighted by atomic mass is 35.5. The first-order valence-electron chi connectivity index (χ1n) is 6.76. The van der Waals surface area contributed by atoms with Crippen molar-refractivity contribution in [3.05, 3.63) is 59.1 Å². The van der Waals surface area contributed by atoms with Crippen molar-refractivity contribution in [3.8, 4) is 11.1 Å². The van der Waals surface area contributed by atoms with Crippen LogP contribution in [-0.2, 0) is 9.59 Å². The lowest BCUT2D eigenvalue weighted by Crippen LogP contribution is -2.25. The van der Waals surface area contributed by atoms with E-state index in [0.717, 1.165) is 16.7 Å². The van der Waals surface area contributed by atoms with Crippen LogP contribution in [0.5, 0.6) is 0 Å². The second-order valence-electron chi connectivity index (χ2n) is 5.20. The van der Waals surface area contributed by atoms with Crippen LogP contribution in [0, 0.1) is 0 Å².